The van der Waals surface area contributed by atoms with Gasteiger partial charge in [0.05, 0.1) is 19.9 Å². The van der Waals surface area contributed by atoms with Gasteiger partial charge in [-0.05, 0) is 13.8 Å². The van der Waals surface area contributed by atoms with Gasteiger partial charge in [-0.3, -0.25) is 15.1 Å². The van der Waals surface area contributed by atoms with Crippen LogP contribution in [-0.4, -0.2) is 40.0 Å². The number of methoxy groups -OCH3 is 2. The minimum atomic E-state index is -0.526. The predicted octanol–water partition coefficient (Wildman–Crippen LogP) is 3.90. The number of rotatable bonds is 6. The highest BCUT2D eigenvalue weighted by molar-refractivity contribution is 6.00. The molecule has 2 heterocycles. The molecule has 4 rings (SSSR count). The van der Waals surface area contributed by atoms with Crippen LogP contribution < -0.4 is 25.7 Å². The highest BCUT2D eigenvalue weighted by Gasteiger charge is 2.17. The van der Waals surface area contributed by atoms with Gasteiger partial charge in [-0.1, -0.05) is 30.3 Å². The van der Waals surface area contributed by atoms with Crippen molar-refractivity contribution in [1.29, 1.82) is 0 Å². The first kappa shape index (κ1) is 22.6. The molecule has 0 spiro atoms. The number of aryl methyl sites for hydroxylation is 1. The molecule has 0 aliphatic heterocycles. The van der Waals surface area contributed by atoms with E-state index in [2.05, 4.69) is 25.7 Å². The smallest absolute Gasteiger partial charge is 0.324 e. The van der Waals surface area contributed by atoms with Crippen LogP contribution in [0.25, 0.3) is 17.2 Å². The van der Waals surface area contributed by atoms with Gasteiger partial charge in [-0.25, -0.2) is 9.78 Å². The third kappa shape index (κ3) is 4.75. The average molecular weight is 460 g/mol. The fourth-order valence-corrected chi connectivity index (χ4v) is 3.27. The number of benzene rings is 2. The Morgan fingerprint density at radius 3 is 2.26 bits per heavy atom. The monoisotopic (exact) mass is 460 g/mol. The van der Waals surface area contributed by atoms with E-state index in [1.54, 1.807) is 38.1 Å². The number of aromatic amines is 1. The largest absolute Gasteiger partial charge is 0.497 e. The summed E-state index contributed by atoms with van der Waals surface area (Å²) < 4.78 is 11.9. The number of carbonyl (C=O) groups excluding carboxylic acids is 1. The average Bonchev–Trinajstić information content (AvgIpc) is 3.26. The molecule has 0 aliphatic rings. The molecule has 174 valence electrons. The van der Waals surface area contributed by atoms with Gasteiger partial charge < -0.3 is 14.8 Å². The van der Waals surface area contributed by atoms with Crippen molar-refractivity contribution in [3.63, 3.8) is 0 Å². The number of anilines is 2. The second-order valence-electron chi connectivity index (χ2n) is 7.47. The van der Waals surface area contributed by atoms with Gasteiger partial charge in [0.1, 0.15) is 17.3 Å². The molecular formula is C24H24N6O4. The van der Waals surface area contributed by atoms with Crippen LogP contribution in [0.2, 0.25) is 0 Å². The lowest BCUT2D eigenvalue weighted by Gasteiger charge is -2.12. The van der Waals surface area contributed by atoms with Gasteiger partial charge in [-0.15, -0.1) is 0 Å². The van der Waals surface area contributed by atoms with Crippen LogP contribution in [0.4, 0.5) is 16.3 Å². The standard InChI is InChI=1S/C24H24N6O4/c1-14-15(2)25-23(28-22(14)31)30-21(13-20(29-30)16-8-6-5-7-9-16)27-24(32)26-17-10-18(33-3)12-19(11-17)34-4/h5-13H,1-4H3,(H,25,28,31)(H2,26,27,32). The van der Waals surface area contributed by atoms with Crippen LogP contribution in [0.5, 0.6) is 11.5 Å². The third-order valence-corrected chi connectivity index (χ3v) is 5.21. The number of nitrogens with zero attached hydrogens (tertiary/aromatic N) is 3. The summed E-state index contributed by atoms with van der Waals surface area (Å²) in [5, 5.41) is 10.1. The highest BCUT2D eigenvalue weighted by Crippen LogP contribution is 2.27. The van der Waals surface area contributed by atoms with E-state index in [1.807, 2.05) is 30.3 Å². The molecule has 4 aromatic rings. The Labute approximate surface area is 195 Å². The van der Waals surface area contributed by atoms with Crippen molar-refractivity contribution in [2.45, 2.75) is 13.8 Å². The molecule has 34 heavy (non-hydrogen) atoms. The third-order valence-electron chi connectivity index (χ3n) is 5.21. The van der Waals surface area contributed by atoms with Crippen LogP contribution in [0.1, 0.15) is 11.3 Å². The number of hydrogen-bond donors (Lipinski definition) is 3. The highest BCUT2D eigenvalue weighted by atomic mass is 16.5. The normalized spacial score (nSPS) is 10.6. The van der Waals surface area contributed by atoms with Gasteiger partial charge in [0, 0.05) is 46.8 Å². The van der Waals surface area contributed by atoms with Gasteiger partial charge >= 0.3 is 6.03 Å². The maximum absolute atomic E-state index is 12.9. The van der Waals surface area contributed by atoms with Crippen LogP contribution in [-0.2, 0) is 0 Å². The van der Waals surface area contributed by atoms with Crippen LogP contribution in [0.3, 0.4) is 0 Å². The first-order chi connectivity index (χ1) is 16.4. The van der Waals surface area contributed by atoms with Crippen molar-refractivity contribution in [3.8, 4) is 28.7 Å². The molecular weight excluding hydrogens is 436 g/mol. The zero-order valence-corrected chi connectivity index (χ0v) is 19.2. The number of amides is 2. The molecule has 10 heteroatoms. The summed E-state index contributed by atoms with van der Waals surface area (Å²) >= 11 is 0. The Bertz CT molecular complexity index is 1370. The molecule has 0 bridgehead atoms. The van der Waals surface area contributed by atoms with Crippen molar-refractivity contribution in [2.24, 2.45) is 0 Å². The van der Waals surface area contributed by atoms with E-state index in [-0.39, 0.29) is 11.5 Å². The fourth-order valence-electron chi connectivity index (χ4n) is 3.27. The molecule has 2 aromatic carbocycles. The van der Waals surface area contributed by atoms with Crippen molar-refractivity contribution >= 4 is 17.5 Å². The lowest BCUT2D eigenvalue weighted by molar-refractivity contribution is 0.262. The first-order valence-electron chi connectivity index (χ1n) is 10.4. The molecule has 0 fully saturated rings. The minimum absolute atomic E-state index is 0.189. The summed E-state index contributed by atoms with van der Waals surface area (Å²) in [7, 11) is 3.05. The van der Waals surface area contributed by atoms with E-state index < -0.39 is 6.03 Å². The second kappa shape index (κ2) is 9.49. The summed E-state index contributed by atoms with van der Waals surface area (Å²) in [6, 6.07) is 15.7. The minimum Gasteiger partial charge on any atom is -0.497 e. The van der Waals surface area contributed by atoms with Crippen molar-refractivity contribution in [2.75, 3.05) is 24.9 Å². The van der Waals surface area contributed by atoms with Crippen molar-refractivity contribution in [1.82, 2.24) is 19.7 Å². The summed E-state index contributed by atoms with van der Waals surface area (Å²) in [6.07, 6.45) is 0. The van der Waals surface area contributed by atoms with Gasteiger partial charge in [-0.2, -0.15) is 9.78 Å². The molecule has 0 saturated carbocycles. The van der Waals surface area contributed by atoms with Crippen molar-refractivity contribution in [3.05, 3.63) is 76.2 Å². The predicted molar refractivity (Wildman–Crippen MR) is 129 cm³/mol. The lowest BCUT2D eigenvalue weighted by Crippen LogP contribution is -2.23. The number of carbonyl (C=O) groups is 1. The molecule has 0 aliphatic carbocycles. The second-order valence-corrected chi connectivity index (χ2v) is 7.47. The number of ether oxygens (including phenoxy) is 2. The van der Waals surface area contributed by atoms with E-state index in [0.717, 1.165) is 5.56 Å². The number of H-pyrrole nitrogens is 1. The molecule has 10 nitrogen and oxygen atoms in total. The number of hydrogen-bond acceptors (Lipinski definition) is 6. The van der Waals surface area contributed by atoms with E-state index >= 15 is 0 Å². The summed E-state index contributed by atoms with van der Waals surface area (Å²) in [4.78, 5) is 32.4. The molecule has 0 radical (unpaired) electrons. The van der Waals surface area contributed by atoms with E-state index in [1.165, 1.54) is 18.9 Å². The zero-order chi connectivity index (χ0) is 24.2. The Balaban J connectivity index is 1.70. The van der Waals surface area contributed by atoms with Crippen LogP contribution in [0.15, 0.2) is 59.4 Å². The zero-order valence-electron chi connectivity index (χ0n) is 19.2. The number of aromatic nitrogens is 4. The Morgan fingerprint density at radius 2 is 1.65 bits per heavy atom. The maximum Gasteiger partial charge on any atom is 0.324 e. The van der Waals surface area contributed by atoms with Crippen molar-refractivity contribution < 1.29 is 14.3 Å². The van der Waals surface area contributed by atoms with E-state index in [0.29, 0.717) is 40.0 Å². The first-order valence-corrected chi connectivity index (χ1v) is 10.4. The summed E-state index contributed by atoms with van der Waals surface area (Å²) in [6.45, 7) is 3.43. The quantitative estimate of drug-likeness (QED) is 0.401. The van der Waals surface area contributed by atoms with Crippen LogP contribution in [0, 0.1) is 13.8 Å². The molecule has 3 N–H and O–H groups in total. The maximum atomic E-state index is 12.9. The molecule has 0 atom stereocenters. The van der Waals surface area contributed by atoms with E-state index in [4.69, 9.17) is 9.47 Å². The fraction of sp³-hybridized carbons (Fsp3) is 0.167. The van der Waals surface area contributed by atoms with Gasteiger partial charge in [0.25, 0.3) is 5.56 Å². The number of nitrogens with one attached hydrogen (secondary N) is 3. The number of urea groups is 1. The SMILES string of the molecule is COc1cc(NC(=O)Nc2cc(-c3ccccc3)nn2-c2nc(C)c(C)c(=O)[nH]2)cc(OC)c1. The summed E-state index contributed by atoms with van der Waals surface area (Å²) in [5.74, 6) is 1.57. The Morgan fingerprint density at radius 1 is 0.971 bits per heavy atom. The van der Waals surface area contributed by atoms with Crippen LogP contribution >= 0.6 is 0 Å². The van der Waals surface area contributed by atoms with Gasteiger partial charge in [0.15, 0.2) is 0 Å². The molecule has 0 saturated heterocycles. The summed E-state index contributed by atoms with van der Waals surface area (Å²) in [5.41, 5.74) is 2.71. The molecule has 2 aromatic heterocycles. The Kier molecular flexibility index (Phi) is 6.30. The lowest BCUT2D eigenvalue weighted by atomic mass is 10.2. The van der Waals surface area contributed by atoms with Gasteiger partial charge in [0.2, 0.25) is 5.95 Å². The van der Waals surface area contributed by atoms with E-state index in [9.17, 15) is 9.59 Å². The molecule has 0 unspecified atom stereocenters. The Hall–Kier alpha value is -4.60. The molecule has 2 amide bonds. The topological polar surface area (TPSA) is 123 Å².